The van der Waals surface area contributed by atoms with E-state index in [1.807, 2.05) is 12.4 Å². The van der Waals surface area contributed by atoms with Crippen molar-refractivity contribution in [1.82, 2.24) is 10.3 Å². The SMILES string of the molecule is CCC(CC)CNCc1ccc2cnccc2c1. The molecule has 2 heteroatoms. The first-order valence-corrected chi connectivity index (χ1v) is 6.86. The maximum Gasteiger partial charge on any atom is 0.0346 e. The largest absolute Gasteiger partial charge is 0.312 e. The van der Waals surface area contributed by atoms with Crippen LogP contribution in [0.2, 0.25) is 0 Å². The molecule has 0 fully saturated rings. The number of rotatable bonds is 6. The summed E-state index contributed by atoms with van der Waals surface area (Å²) in [4.78, 5) is 4.13. The minimum absolute atomic E-state index is 0.801. The number of benzene rings is 1. The molecule has 96 valence electrons. The zero-order chi connectivity index (χ0) is 12.8. The molecule has 0 atom stereocenters. The van der Waals surface area contributed by atoms with Crippen LogP contribution < -0.4 is 5.32 Å². The van der Waals surface area contributed by atoms with E-state index < -0.39 is 0 Å². The van der Waals surface area contributed by atoms with E-state index in [1.165, 1.54) is 29.2 Å². The standard InChI is InChI=1S/C16H22N2/c1-3-13(4-2)10-18-11-14-5-6-16-12-17-8-7-15(16)9-14/h5-9,12-13,18H,3-4,10-11H2,1-2H3. The molecule has 0 unspecified atom stereocenters. The summed E-state index contributed by atoms with van der Waals surface area (Å²) in [6, 6.07) is 8.65. The molecule has 1 aromatic carbocycles. The van der Waals surface area contributed by atoms with Crippen LogP contribution in [0.15, 0.2) is 36.7 Å². The minimum Gasteiger partial charge on any atom is -0.312 e. The van der Waals surface area contributed by atoms with Crippen LogP contribution >= 0.6 is 0 Å². The molecule has 1 heterocycles. The number of nitrogens with one attached hydrogen (secondary N) is 1. The second kappa shape index (κ2) is 6.50. The average Bonchev–Trinajstić information content (AvgIpc) is 2.43. The smallest absolute Gasteiger partial charge is 0.0346 e. The fourth-order valence-electron chi connectivity index (χ4n) is 2.24. The normalized spacial score (nSPS) is 11.3. The second-order valence-electron chi connectivity index (χ2n) is 4.87. The van der Waals surface area contributed by atoms with Crippen molar-refractivity contribution in [2.75, 3.05) is 6.54 Å². The van der Waals surface area contributed by atoms with E-state index in [4.69, 9.17) is 0 Å². The lowest BCUT2D eigenvalue weighted by molar-refractivity contribution is 0.449. The molecule has 0 aliphatic rings. The number of nitrogens with zero attached hydrogens (tertiary/aromatic N) is 1. The lowest BCUT2D eigenvalue weighted by Crippen LogP contribution is -2.21. The topological polar surface area (TPSA) is 24.9 Å². The van der Waals surface area contributed by atoms with Gasteiger partial charge in [0, 0.05) is 24.3 Å². The van der Waals surface area contributed by atoms with Crippen molar-refractivity contribution in [2.45, 2.75) is 33.2 Å². The highest BCUT2D eigenvalue weighted by molar-refractivity contribution is 5.81. The van der Waals surface area contributed by atoms with Crippen molar-refractivity contribution in [3.8, 4) is 0 Å². The molecule has 1 N–H and O–H groups in total. The molecule has 0 radical (unpaired) electrons. The van der Waals surface area contributed by atoms with Crippen molar-refractivity contribution < 1.29 is 0 Å². The monoisotopic (exact) mass is 242 g/mol. The summed E-state index contributed by atoms with van der Waals surface area (Å²) in [6.07, 6.45) is 6.28. The molecule has 18 heavy (non-hydrogen) atoms. The molecule has 0 aliphatic carbocycles. The third-order valence-corrected chi connectivity index (χ3v) is 3.62. The Morgan fingerprint density at radius 1 is 1.11 bits per heavy atom. The Bertz CT molecular complexity index is 489. The summed E-state index contributed by atoms with van der Waals surface area (Å²) in [7, 11) is 0. The number of aromatic nitrogens is 1. The molecule has 0 saturated heterocycles. The molecule has 2 aromatic rings. The predicted octanol–water partition coefficient (Wildman–Crippen LogP) is 3.76. The zero-order valence-corrected chi connectivity index (χ0v) is 11.3. The zero-order valence-electron chi connectivity index (χ0n) is 11.3. The van der Waals surface area contributed by atoms with Gasteiger partial charge in [-0.05, 0) is 35.5 Å². The first-order valence-electron chi connectivity index (χ1n) is 6.86. The molecule has 0 saturated carbocycles. The maximum absolute atomic E-state index is 4.13. The number of pyridine rings is 1. The number of hydrogen-bond donors (Lipinski definition) is 1. The predicted molar refractivity (Wildman–Crippen MR) is 77.5 cm³/mol. The van der Waals surface area contributed by atoms with Crippen LogP contribution in [-0.4, -0.2) is 11.5 Å². The van der Waals surface area contributed by atoms with Gasteiger partial charge in [0.15, 0.2) is 0 Å². The van der Waals surface area contributed by atoms with Crippen LogP contribution in [0.5, 0.6) is 0 Å². The van der Waals surface area contributed by atoms with Gasteiger partial charge in [-0.1, -0.05) is 38.8 Å². The first kappa shape index (κ1) is 13.0. The average molecular weight is 242 g/mol. The van der Waals surface area contributed by atoms with Gasteiger partial charge in [-0.3, -0.25) is 4.98 Å². The molecular formula is C16H22N2. The quantitative estimate of drug-likeness (QED) is 0.834. The van der Waals surface area contributed by atoms with Crippen LogP contribution in [0, 0.1) is 5.92 Å². The summed E-state index contributed by atoms with van der Waals surface area (Å²) in [5.74, 6) is 0.801. The van der Waals surface area contributed by atoms with Gasteiger partial charge in [-0.15, -0.1) is 0 Å². The maximum atomic E-state index is 4.13. The Balaban J connectivity index is 1.95. The Labute approximate surface area is 109 Å². The highest BCUT2D eigenvalue weighted by Gasteiger charge is 2.02. The van der Waals surface area contributed by atoms with Crippen molar-refractivity contribution in [3.63, 3.8) is 0 Å². The van der Waals surface area contributed by atoms with Gasteiger partial charge in [0.25, 0.3) is 0 Å². The Morgan fingerprint density at radius 3 is 2.72 bits per heavy atom. The first-order chi connectivity index (χ1) is 8.83. The van der Waals surface area contributed by atoms with Crippen molar-refractivity contribution >= 4 is 10.8 Å². The molecule has 0 spiro atoms. The number of fused-ring (bicyclic) bond motifs is 1. The lowest BCUT2D eigenvalue weighted by Gasteiger charge is -2.13. The third kappa shape index (κ3) is 3.30. The van der Waals surface area contributed by atoms with Crippen LogP contribution in [0.4, 0.5) is 0 Å². The Morgan fingerprint density at radius 2 is 1.94 bits per heavy atom. The van der Waals surface area contributed by atoms with Crippen molar-refractivity contribution in [1.29, 1.82) is 0 Å². The summed E-state index contributed by atoms with van der Waals surface area (Å²) in [6.45, 7) is 6.59. The van der Waals surface area contributed by atoms with E-state index in [-0.39, 0.29) is 0 Å². The summed E-state index contributed by atoms with van der Waals surface area (Å²) >= 11 is 0. The summed E-state index contributed by atoms with van der Waals surface area (Å²) < 4.78 is 0. The van der Waals surface area contributed by atoms with E-state index in [9.17, 15) is 0 Å². The Hall–Kier alpha value is -1.41. The minimum atomic E-state index is 0.801. The van der Waals surface area contributed by atoms with Gasteiger partial charge in [-0.25, -0.2) is 0 Å². The molecule has 1 aromatic heterocycles. The highest BCUT2D eigenvalue weighted by Crippen LogP contribution is 2.14. The molecule has 0 bridgehead atoms. The van der Waals surface area contributed by atoms with Crippen LogP contribution in [0.3, 0.4) is 0 Å². The van der Waals surface area contributed by atoms with Gasteiger partial charge in [0.1, 0.15) is 0 Å². The van der Waals surface area contributed by atoms with Gasteiger partial charge in [0.05, 0.1) is 0 Å². The fourth-order valence-corrected chi connectivity index (χ4v) is 2.24. The van der Waals surface area contributed by atoms with Gasteiger partial charge >= 0.3 is 0 Å². The molecule has 0 aliphatic heterocycles. The van der Waals surface area contributed by atoms with Gasteiger partial charge < -0.3 is 5.32 Å². The second-order valence-corrected chi connectivity index (χ2v) is 4.87. The van der Waals surface area contributed by atoms with Crippen molar-refractivity contribution in [2.24, 2.45) is 5.92 Å². The third-order valence-electron chi connectivity index (χ3n) is 3.62. The molecule has 2 nitrogen and oxygen atoms in total. The van der Waals surface area contributed by atoms with Crippen LogP contribution in [0.25, 0.3) is 10.8 Å². The van der Waals surface area contributed by atoms with Gasteiger partial charge in [0.2, 0.25) is 0 Å². The highest BCUT2D eigenvalue weighted by atomic mass is 14.9. The van der Waals surface area contributed by atoms with E-state index in [1.54, 1.807) is 0 Å². The summed E-state index contributed by atoms with van der Waals surface area (Å²) in [5.41, 5.74) is 1.35. The van der Waals surface area contributed by atoms with E-state index in [0.717, 1.165) is 19.0 Å². The fraction of sp³-hybridized carbons (Fsp3) is 0.438. The Kier molecular flexibility index (Phi) is 4.71. The number of hydrogen-bond acceptors (Lipinski definition) is 2. The molecule has 2 rings (SSSR count). The van der Waals surface area contributed by atoms with Crippen molar-refractivity contribution in [3.05, 3.63) is 42.2 Å². The lowest BCUT2D eigenvalue weighted by atomic mass is 10.0. The van der Waals surface area contributed by atoms with E-state index >= 15 is 0 Å². The van der Waals surface area contributed by atoms with Gasteiger partial charge in [-0.2, -0.15) is 0 Å². The van der Waals surface area contributed by atoms with Crippen LogP contribution in [0.1, 0.15) is 32.3 Å². The molecule has 0 amide bonds. The summed E-state index contributed by atoms with van der Waals surface area (Å²) in [5, 5.41) is 6.03. The van der Waals surface area contributed by atoms with E-state index in [0.29, 0.717) is 0 Å². The molecular weight excluding hydrogens is 220 g/mol. The van der Waals surface area contributed by atoms with E-state index in [2.05, 4.69) is 48.4 Å². The van der Waals surface area contributed by atoms with Crippen LogP contribution in [-0.2, 0) is 6.54 Å².